The number of aromatic nitrogens is 2. The molecule has 0 N–H and O–H groups in total. The van der Waals surface area contributed by atoms with Crippen molar-refractivity contribution in [2.24, 2.45) is 0 Å². The third kappa shape index (κ3) is 4.08. The van der Waals surface area contributed by atoms with Gasteiger partial charge in [0.2, 0.25) is 0 Å². The second kappa shape index (κ2) is 8.28. The van der Waals surface area contributed by atoms with Gasteiger partial charge in [-0.3, -0.25) is 0 Å². The zero-order chi connectivity index (χ0) is 19.3. The molecule has 0 radical (unpaired) electrons. The monoisotopic (exact) mass is 372 g/mol. The average Bonchev–Trinajstić information content (AvgIpc) is 3.18. The van der Waals surface area contributed by atoms with Crippen molar-refractivity contribution in [1.29, 1.82) is 5.26 Å². The highest BCUT2D eigenvalue weighted by Gasteiger charge is 2.20. The minimum absolute atomic E-state index is 0.244. The van der Waals surface area contributed by atoms with Crippen molar-refractivity contribution in [3.8, 4) is 23.2 Å². The Morgan fingerprint density at radius 3 is 2.79 bits per heavy atom. The first-order chi connectivity index (χ1) is 13.7. The summed E-state index contributed by atoms with van der Waals surface area (Å²) in [5.41, 5.74) is 2.75. The Hall–Kier alpha value is -3.10. The fourth-order valence-corrected chi connectivity index (χ4v) is 3.65. The maximum absolute atomic E-state index is 9.14. The van der Waals surface area contributed by atoms with Crippen LogP contribution < -0.4 is 4.74 Å². The summed E-state index contributed by atoms with van der Waals surface area (Å²) in [6.45, 7) is 2.79. The molecule has 0 saturated carbocycles. The highest BCUT2D eigenvalue weighted by molar-refractivity contribution is 5.64. The predicted octanol–water partition coefficient (Wildman–Crippen LogP) is 3.94. The van der Waals surface area contributed by atoms with Crippen molar-refractivity contribution in [1.82, 2.24) is 14.5 Å². The summed E-state index contributed by atoms with van der Waals surface area (Å²) in [5.74, 6) is 1.76. The molecule has 2 heterocycles. The summed E-state index contributed by atoms with van der Waals surface area (Å²) < 4.78 is 8.48. The van der Waals surface area contributed by atoms with Crippen molar-refractivity contribution in [3.63, 3.8) is 0 Å². The van der Waals surface area contributed by atoms with E-state index >= 15 is 0 Å². The van der Waals surface area contributed by atoms with Gasteiger partial charge in [-0.1, -0.05) is 24.3 Å². The lowest BCUT2D eigenvalue weighted by atomic mass is 10.1. The van der Waals surface area contributed by atoms with Crippen LogP contribution in [0, 0.1) is 11.3 Å². The number of nitriles is 1. The van der Waals surface area contributed by atoms with Crippen LogP contribution in [0.1, 0.15) is 24.0 Å². The standard InChI is InChI=1S/C23H24N4O/c1-26-12-9-20(10-13-26)28-22-8-3-2-7-21(22)23-25-11-14-27(23)17-19-6-4-5-18(15-19)16-24/h2-8,11,14-15,20H,9-10,12-13,17H2,1H3. The number of rotatable bonds is 5. The maximum Gasteiger partial charge on any atom is 0.143 e. The molecule has 0 amide bonds. The summed E-state index contributed by atoms with van der Waals surface area (Å²) in [6, 6.07) is 18.0. The van der Waals surface area contributed by atoms with Gasteiger partial charge in [-0.15, -0.1) is 0 Å². The zero-order valence-electron chi connectivity index (χ0n) is 16.1. The number of hydrogen-bond acceptors (Lipinski definition) is 4. The number of para-hydroxylation sites is 1. The first-order valence-electron chi connectivity index (χ1n) is 9.68. The van der Waals surface area contributed by atoms with Gasteiger partial charge in [0, 0.05) is 32.0 Å². The number of likely N-dealkylation sites (tertiary alicyclic amines) is 1. The lowest BCUT2D eigenvalue weighted by Gasteiger charge is -2.29. The Morgan fingerprint density at radius 1 is 1.14 bits per heavy atom. The van der Waals surface area contributed by atoms with E-state index in [9.17, 15) is 0 Å². The number of benzene rings is 2. The lowest BCUT2D eigenvalue weighted by Crippen LogP contribution is -2.35. The molecule has 0 bridgehead atoms. The van der Waals surface area contributed by atoms with Gasteiger partial charge in [0.05, 0.1) is 17.2 Å². The van der Waals surface area contributed by atoms with E-state index in [4.69, 9.17) is 10.00 Å². The van der Waals surface area contributed by atoms with Gasteiger partial charge in [0.1, 0.15) is 17.7 Å². The van der Waals surface area contributed by atoms with Crippen LogP contribution in [0.4, 0.5) is 0 Å². The molecule has 1 saturated heterocycles. The van der Waals surface area contributed by atoms with E-state index in [0.717, 1.165) is 48.6 Å². The van der Waals surface area contributed by atoms with E-state index in [1.807, 2.05) is 54.9 Å². The fraction of sp³-hybridized carbons (Fsp3) is 0.304. The van der Waals surface area contributed by atoms with Gasteiger partial charge in [-0.05, 0) is 49.7 Å². The largest absolute Gasteiger partial charge is 0.490 e. The molecule has 0 spiro atoms. The molecular weight excluding hydrogens is 348 g/mol. The van der Waals surface area contributed by atoms with Gasteiger partial charge in [-0.2, -0.15) is 5.26 Å². The van der Waals surface area contributed by atoms with Crippen molar-refractivity contribution in [2.45, 2.75) is 25.5 Å². The van der Waals surface area contributed by atoms with Crippen LogP contribution in [-0.2, 0) is 6.54 Å². The van der Waals surface area contributed by atoms with Crippen LogP contribution in [0.25, 0.3) is 11.4 Å². The van der Waals surface area contributed by atoms with E-state index in [0.29, 0.717) is 12.1 Å². The molecule has 2 aromatic carbocycles. The van der Waals surface area contributed by atoms with Crippen molar-refractivity contribution in [3.05, 3.63) is 72.1 Å². The minimum Gasteiger partial charge on any atom is -0.490 e. The van der Waals surface area contributed by atoms with Crippen molar-refractivity contribution in [2.75, 3.05) is 20.1 Å². The molecule has 0 aliphatic carbocycles. The van der Waals surface area contributed by atoms with Crippen LogP contribution in [0.3, 0.4) is 0 Å². The highest BCUT2D eigenvalue weighted by Crippen LogP contribution is 2.31. The molecule has 28 heavy (non-hydrogen) atoms. The molecule has 5 nitrogen and oxygen atoms in total. The number of piperidine rings is 1. The molecule has 1 aliphatic heterocycles. The van der Waals surface area contributed by atoms with Crippen molar-refractivity contribution < 1.29 is 4.74 Å². The molecule has 1 fully saturated rings. The summed E-state index contributed by atoms with van der Waals surface area (Å²) in [7, 11) is 2.16. The topological polar surface area (TPSA) is 54.1 Å². The first-order valence-corrected chi connectivity index (χ1v) is 9.68. The van der Waals surface area contributed by atoms with Gasteiger partial charge in [0.25, 0.3) is 0 Å². The van der Waals surface area contributed by atoms with E-state index in [-0.39, 0.29) is 6.10 Å². The van der Waals surface area contributed by atoms with Crippen molar-refractivity contribution >= 4 is 0 Å². The second-order valence-corrected chi connectivity index (χ2v) is 7.31. The third-order valence-corrected chi connectivity index (χ3v) is 5.21. The molecule has 5 heteroatoms. The lowest BCUT2D eigenvalue weighted by molar-refractivity contribution is 0.115. The molecule has 1 aliphatic rings. The number of nitrogens with zero attached hydrogens (tertiary/aromatic N) is 4. The summed E-state index contributed by atoms with van der Waals surface area (Å²) in [6.07, 6.45) is 6.12. The molecule has 0 atom stereocenters. The maximum atomic E-state index is 9.14. The number of ether oxygens (including phenoxy) is 1. The van der Waals surface area contributed by atoms with Gasteiger partial charge in [-0.25, -0.2) is 4.98 Å². The molecule has 4 rings (SSSR count). The smallest absolute Gasteiger partial charge is 0.143 e. The molecule has 3 aromatic rings. The van der Waals surface area contributed by atoms with Gasteiger partial charge in [0.15, 0.2) is 0 Å². The molecule has 0 unspecified atom stereocenters. The zero-order valence-corrected chi connectivity index (χ0v) is 16.1. The summed E-state index contributed by atoms with van der Waals surface area (Å²) >= 11 is 0. The highest BCUT2D eigenvalue weighted by atomic mass is 16.5. The van der Waals surface area contributed by atoms with E-state index < -0.39 is 0 Å². The van der Waals surface area contributed by atoms with Crippen LogP contribution >= 0.6 is 0 Å². The Bertz CT molecular complexity index is 980. The van der Waals surface area contributed by atoms with Gasteiger partial charge < -0.3 is 14.2 Å². The summed E-state index contributed by atoms with van der Waals surface area (Å²) in [4.78, 5) is 6.94. The van der Waals surface area contributed by atoms with E-state index in [2.05, 4.69) is 33.6 Å². The Labute approximate surface area is 165 Å². The van der Waals surface area contributed by atoms with Crippen LogP contribution in [0.2, 0.25) is 0 Å². The van der Waals surface area contributed by atoms with Crippen LogP contribution in [0.5, 0.6) is 5.75 Å². The Kier molecular flexibility index (Phi) is 5.41. The molecular formula is C23H24N4O. The fourth-order valence-electron chi connectivity index (χ4n) is 3.65. The first kappa shape index (κ1) is 18.3. The average molecular weight is 372 g/mol. The Balaban J connectivity index is 1.59. The third-order valence-electron chi connectivity index (χ3n) is 5.21. The van der Waals surface area contributed by atoms with Crippen LogP contribution in [0.15, 0.2) is 60.9 Å². The number of imidazole rings is 1. The van der Waals surface area contributed by atoms with E-state index in [1.165, 1.54) is 0 Å². The second-order valence-electron chi connectivity index (χ2n) is 7.31. The normalized spacial score (nSPS) is 15.3. The molecule has 1 aromatic heterocycles. The van der Waals surface area contributed by atoms with Gasteiger partial charge >= 0.3 is 0 Å². The SMILES string of the molecule is CN1CCC(Oc2ccccc2-c2nccn2Cc2cccc(C#N)c2)CC1. The van der Waals surface area contributed by atoms with Crippen LogP contribution in [-0.4, -0.2) is 40.7 Å². The summed E-state index contributed by atoms with van der Waals surface area (Å²) in [5, 5.41) is 9.14. The predicted molar refractivity (Wildman–Crippen MR) is 109 cm³/mol. The van der Waals surface area contributed by atoms with E-state index in [1.54, 1.807) is 0 Å². The molecule has 142 valence electrons. The quantitative estimate of drug-likeness (QED) is 0.681. The minimum atomic E-state index is 0.244. The Morgan fingerprint density at radius 2 is 1.96 bits per heavy atom. The number of hydrogen-bond donors (Lipinski definition) is 0.